The van der Waals surface area contributed by atoms with Gasteiger partial charge < -0.3 is 15.0 Å². The summed E-state index contributed by atoms with van der Waals surface area (Å²) in [5.41, 5.74) is 0.687. The summed E-state index contributed by atoms with van der Waals surface area (Å²) in [5.74, 6) is -0.364. The minimum absolute atomic E-state index is 0.0508. The Morgan fingerprint density at radius 1 is 1.23 bits per heavy atom. The number of nitrogens with zero attached hydrogens (tertiary/aromatic N) is 2. The molecule has 0 unspecified atom stereocenters. The van der Waals surface area contributed by atoms with E-state index in [1.807, 2.05) is 19.0 Å². The zero-order chi connectivity index (χ0) is 18.5. The highest BCUT2D eigenvalue weighted by molar-refractivity contribution is 5.83. The molecule has 0 bridgehead atoms. The highest BCUT2D eigenvalue weighted by Crippen LogP contribution is 2.22. The molecule has 2 fully saturated rings. The molecule has 26 heavy (non-hydrogen) atoms. The van der Waals surface area contributed by atoms with Crippen molar-refractivity contribution in [3.63, 3.8) is 0 Å². The van der Waals surface area contributed by atoms with Gasteiger partial charge in [0.1, 0.15) is 11.9 Å². The van der Waals surface area contributed by atoms with Crippen LogP contribution in [0.3, 0.4) is 0 Å². The summed E-state index contributed by atoms with van der Waals surface area (Å²) in [5, 5.41) is 3.19. The molecule has 2 heterocycles. The average molecular weight is 363 g/mol. The van der Waals surface area contributed by atoms with Gasteiger partial charge in [0.25, 0.3) is 0 Å². The van der Waals surface area contributed by atoms with Crippen molar-refractivity contribution < 1.29 is 13.9 Å². The van der Waals surface area contributed by atoms with Crippen LogP contribution in [0.5, 0.6) is 0 Å². The molecule has 0 aromatic heterocycles. The van der Waals surface area contributed by atoms with Crippen molar-refractivity contribution in [3.8, 4) is 0 Å². The summed E-state index contributed by atoms with van der Waals surface area (Å²) < 4.78 is 19.0. The van der Waals surface area contributed by atoms with Crippen LogP contribution in [0.15, 0.2) is 24.3 Å². The monoisotopic (exact) mass is 363 g/mol. The van der Waals surface area contributed by atoms with E-state index in [9.17, 15) is 9.18 Å². The molecule has 1 aromatic carbocycles. The molecule has 2 aliphatic rings. The summed E-state index contributed by atoms with van der Waals surface area (Å²) in [6, 6.07) is 6.65. The number of hydrogen-bond donors (Lipinski definition) is 1. The lowest BCUT2D eigenvalue weighted by Crippen LogP contribution is -2.50. The third kappa shape index (κ3) is 4.81. The van der Waals surface area contributed by atoms with Gasteiger partial charge in [0.2, 0.25) is 5.91 Å². The average Bonchev–Trinajstić information content (AvgIpc) is 2.63. The zero-order valence-corrected chi connectivity index (χ0v) is 15.8. The standard InChI is InChI=1S/C20H30FN3O2/c1-23(2)19(15-4-3-5-16(21)14-15)20(25)22-17-6-10-24(11-7-17)18-8-12-26-13-9-18/h3-5,14,17-19H,6-13H2,1-2H3,(H,22,25)/t19-/m0/s1. The Morgan fingerprint density at radius 3 is 2.54 bits per heavy atom. The number of piperidine rings is 1. The Labute approximate surface area is 155 Å². The number of carbonyl (C=O) groups is 1. The van der Waals surface area contributed by atoms with Crippen LogP contribution in [0.2, 0.25) is 0 Å². The smallest absolute Gasteiger partial charge is 0.242 e. The van der Waals surface area contributed by atoms with Crippen LogP contribution in [0.4, 0.5) is 4.39 Å². The first-order chi connectivity index (χ1) is 12.5. The van der Waals surface area contributed by atoms with Crippen molar-refractivity contribution in [1.82, 2.24) is 15.1 Å². The van der Waals surface area contributed by atoms with E-state index in [4.69, 9.17) is 4.74 Å². The molecule has 1 N–H and O–H groups in total. The number of hydrogen-bond acceptors (Lipinski definition) is 4. The molecule has 1 amide bonds. The molecule has 144 valence electrons. The van der Waals surface area contributed by atoms with Gasteiger partial charge in [0.15, 0.2) is 0 Å². The molecule has 1 aromatic rings. The van der Waals surface area contributed by atoms with Crippen molar-refractivity contribution in [1.29, 1.82) is 0 Å². The second kappa shape index (κ2) is 8.93. The van der Waals surface area contributed by atoms with Crippen LogP contribution in [-0.2, 0) is 9.53 Å². The molecule has 0 radical (unpaired) electrons. The van der Waals surface area contributed by atoms with Crippen LogP contribution in [-0.4, -0.2) is 68.2 Å². The minimum Gasteiger partial charge on any atom is -0.381 e. The maximum absolute atomic E-state index is 13.6. The van der Waals surface area contributed by atoms with Gasteiger partial charge in [0, 0.05) is 38.4 Å². The molecule has 5 nitrogen and oxygen atoms in total. The van der Waals surface area contributed by atoms with Crippen molar-refractivity contribution >= 4 is 5.91 Å². The van der Waals surface area contributed by atoms with Gasteiger partial charge in [0.05, 0.1) is 0 Å². The molecule has 3 rings (SSSR count). The lowest BCUT2D eigenvalue weighted by atomic mass is 9.98. The number of rotatable bonds is 5. The highest BCUT2D eigenvalue weighted by atomic mass is 19.1. The van der Waals surface area contributed by atoms with Gasteiger partial charge >= 0.3 is 0 Å². The SMILES string of the molecule is CN(C)[C@H](C(=O)NC1CCN(C2CCOCC2)CC1)c1cccc(F)c1. The number of nitrogens with one attached hydrogen (secondary N) is 1. The van der Waals surface area contributed by atoms with Gasteiger partial charge in [-0.05, 0) is 57.5 Å². The first-order valence-electron chi connectivity index (χ1n) is 9.58. The molecule has 0 aliphatic carbocycles. The fraction of sp³-hybridized carbons (Fsp3) is 0.650. The molecular formula is C20H30FN3O2. The van der Waals surface area contributed by atoms with Crippen molar-refractivity contribution in [2.45, 2.75) is 43.8 Å². The van der Waals surface area contributed by atoms with Crippen molar-refractivity contribution in [3.05, 3.63) is 35.6 Å². The Bertz CT molecular complexity index is 596. The van der Waals surface area contributed by atoms with Gasteiger partial charge in [-0.2, -0.15) is 0 Å². The van der Waals surface area contributed by atoms with Gasteiger partial charge in [-0.25, -0.2) is 4.39 Å². The highest BCUT2D eigenvalue weighted by Gasteiger charge is 2.30. The van der Waals surface area contributed by atoms with E-state index in [0.717, 1.165) is 52.0 Å². The van der Waals surface area contributed by atoms with E-state index in [-0.39, 0.29) is 17.8 Å². The molecule has 2 aliphatic heterocycles. The van der Waals surface area contributed by atoms with E-state index in [0.29, 0.717) is 11.6 Å². The molecule has 1 atom stereocenters. The predicted molar refractivity (Wildman–Crippen MR) is 99.4 cm³/mol. The normalized spacial score (nSPS) is 21.7. The summed E-state index contributed by atoms with van der Waals surface area (Å²) in [6.45, 7) is 3.75. The van der Waals surface area contributed by atoms with Crippen molar-refractivity contribution in [2.24, 2.45) is 0 Å². The zero-order valence-electron chi connectivity index (χ0n) is 15.8. The van der Waals surface area contributed by atoms with E-state index >= 15 is 0 Å². The first-order valence-corrected chi connectivity index (χ1v) is 9.58. The second-order valence-electron chi connectivity index (χ2n) is 7.58. The Morgan fingerprint density at radius 2 is 1.92 bits per heavy atom. The predicted octanol–water partition coefficient (Wildman–Crippen LogP) is 2.19. The summed E-state index contributed by atoms with van der Waals surface area (Å²) in [7, 11) is 3.70. The molecule has 0 spiro atoms. The van der Waals surface area contributed by atoms with Crippen LogP contribution in [0.1, 0.15) is 37.3 Å². The number of likely N-dealkylation sites (N-methyl/N-ethyl adjacent to an activating group) is 1. The molecule has 2 saturated heterocycles. The largest absolute Gasteiger partial charge is 0.381 e. The third-order valence-electron chi connectivity index (χ3n) is 5.51. The summed E-state index contributed by atoms with van der Waals surface area (Å²) >= 11 is 0. The number of benzene rings is 1. The van der Waals surface area contributed by atoms with Gasteiger partial charge in [-0.3, -0.25) is 9.69 Å². The Kier molecular flexibility index (Phi) is 6.62. The van der Waals surface area contributed by atoms with Gasteiger partial charge in [-0.15, -0.1) is 0 Å². The maximum Gasteiger partial charge on any atom is 0.242 e. The number of likely N-dealkylation sites (tertiary alicyclic amines) is 1. The number of ether oxygens (including phenoxy) is 1. The van der Waals surface area contributed by atoms with Crippen LogP contribution >= 0.6 is 0 Å². The fourth-order valence-electron chi connectivity index (χ4n) is 4.10. The second-order valence-corrected chi connectivity index (χ2v) is 7.58. The third-order valence-corrected chi connectivity index (χ3v) is 5.51. The van der Waals surface area contributed by atoms with Crippen LogP contribution < -0.4 is 5.32 Å². The van der Waals surface area contributed by atoms with E-state index < -0.39 is 6.04 Å². The summed E-state index contributed by atoms with van der Waals surface area (Å²) in [4.78, 5) is 17.2. The Balaban J connectivity index is 1.55. The van der Waals surface area contributed by atoms with E-state index in [1.165, 1.54) is 12.1 Å². The molecule has 6 heteroatoms. The molecule has 0 saturated carbocycles. The minimum atomic E-state index is -0.473. The first kappa shape index (κ1) is 19.3. The van der Waals surface area contributed by atoms with Gasteiger partial charge in [-0.1, -0.05) is 12.1 Å². The maximum atomic E-state index is 13.6. The number of amides is 1. The van der Waals surface area contributed by atoms with Crippen LogP contribution in [0.25, 0.3) is 0 Å². The van der Waals surface area contributed by atoms with E-state index in [2.05, 4.69) is 10.2 Å². The van der Waals surface area contributed by atoms with Crippen LogP contribution in [0, 0.1) is 5.82 Å². The quantitative estimate of drug-likeness (QED) is 0.871. The summed E-state index contributed by atoms with van der Waals surface area (Å²) in [6.07, 6.45) is 4.15. The molecular weight excluding hydrogens is 333 g/mol. The lowest BCUT2D eigenvalue weighted by Gasteiger charge is -2.39. The van der Waals surface area contributed by atoms with E-state index in [1.54, 1.807) is 12.1 Å². The number of halogens is 1. The Hall–Kier alpha value is -1.50. The topological polar surface area (TPSA) is 44.8 Å². The number of carbonyl (C=O) groups excluding carboxylic acids is 1. The lowest BCUT2D eigenvalue weighted by molar-refractivity contribution is -0.126. The van der Waals surface area contributed by atoms with Crippen molar-refractivity contribution in [2.75, 3.05) is 40.4 Å². The fourth-order valence-corrected chi connectivity index (χ4v) is 4.10.